The van der Waals surface area contributed by atoms with Crippen molar-refractivity contribution in [1.82, 2.24) is 14.8 Å². The summed E-state index contributed by atoms with van der Waals surface area (Å²) in [5.41, 5.74) is 0.265. The quantitative estimate of drug-likeness (QED) is 0.322. The van der Waals surface area contributed by atoms with Crippen molar-refractivity contribution in [2.24, 2.45) is 0 Å². The summed E-state index contributed by atoms with van der Waals surface area (Å²) in [5, 5.41) is 11.2. The monoisotopic (exact) mass is 488 g/mol. The van der Waals surface area contributed by atoms with Crippen LogP contribution in [0.25, 0.3) is 17.1 Å². The van der Waals surface area contributed by atoms with Gasteiger partial charge in [-0.2, -0.15) is 13.2 Å². The molecule has 10 heteroatoms. The molecular weight excluding hydrogens is 473 g/mol. The lowest BCUT2D eigenvalue weighted by atomic mass is 10.1. The van der Waals surface area contributed by atoms with Gasteiger partial charge in [0.05, 0.1) is 17.0 Å². The zero-order chi connectivity index (χ0) is 23.4. The number of thioether (sulfide) groups is 1. The number of hydrogen-bond donors (Lipinski definition) is 1. The lowest BCUT2D eigenvalue weighted by Crippen LogP contribution is -2.18. The van der Waals surface area contributed by atoms with Gasteiger partial charge in [0, 0.05) is 16.3 Å². The lowest BCUT2D eigenvalue weighted by molar-refractivity contribution is -0.137. The molecule has 33 heavy (non-hydrogen) atoms. The van der Waals surface area contributed by atoms with Crippen molar-refractivity contribution in [1.29, 1.82) is 0 Å². The van der Waals surface area contributed by atoms with E-state index in [-0.39, 0.29) is 16.5 Å². The second-order valence-electron chi connectivity index (χ2n) is 6.87. The minimum Gasteiger partial charge on any atom is -0.325 e. The SMILES string of the molecule is O=C(CSc1nnc(-c2ccccc2)n1-c1ccccc1)Nc1ccc(Cl)cc1C(F)(F)F. The van der Waals surface area contributed by atoms with E-state index in [0.717, 1.165) is 35.1 Å². The molecule has 4 rings (SSSR count). The third-order valence-electron chi connectivity index (χ3n) is 4.57. The first-order valence-electron chi connectivity index (χ1n) is 9.68. The second kappa shape index (κ2) is 9.68. The van der Waals surface area contributed by atoms with Gasteiger partial charge >= 0.3 is 6.18 Å². The highest BCUT2D eigenvalue weighted by Gasteiger charge is 2.34. The van der Waals surface area contributed by atoms with Crippen molar-refractivity contribution in [2.75, 3.05) is 11.1 Å². The second-order valence-corrected chi connectivity index (χ2v) is 8.25. The molecule has 0 aliphatic rings. The molecule has 3 aromatic carbocycles. The summed E-state index contributed by atoms with van der Waals surface area (Å²) in [5.74, 6) is -0.196. The van der Waals surface area contributed by atoms with E-state index in [4.69, 9.17) is 11.6 Å². The van der Waals surface area contributed by atoms with Crippen LogP contribution < -0.4 is 5.32 Å². The third-order valence-corrected chi connectivity index (χ3v) is 5.74. The topological polar surface area (TPSA) is 59.8 Å². The Morgan fingerprint density at radius 1 is 0.970 bits per heavy atom. The Labute approximate surface area is 196 Å². The normalized spacial score (nSPS) is 11.4. The Balaban J connectivity index is 1.57. The average molecular weight is 489 g/mol. The molecule has 0 aliphatic heterocycles. The average Bonchev–Trinajstić information content (AvgIpc) is 3.23. The number of nitrogens with one attached hydrogen (secondary N) is 1. The lowest BCUT2D eigenvalue weighted by Gasteiger charge is -2.14. The molecule has 4 aromatic rings. The predicted octanol–water partition coefficient (Wildman–Crippen LogP) is 6.34. The first kappa shape index (κ1) is 22.9. The van der Waals surface area contributed by atoms with E-state index < -0.39 is 17.6 Å². The summed E-state index contributed by atoms with van der Waals surface area (Å²) >= 11 is 6.77. The van der Waals surface area contributed by atoms with Crippen molar-refractivity contribution in [3.8, 4) is 17.1 Å². The van der Waals surface area contributed by atoms with Crippen LogP contribution >= 0.6 is 23.4 Å². The Kier molecular flexibility index (Phi) is 6.71. The van der Waals surface area contributed by atoms with Gasteiger partial charge in [-0.3, -0.25) is 9.36 Å². The highest BCUT2D eigenvalue weighted by molar-refractivity contribution is 7.99. The van der Waals surface area contributed by atoms with E-state index in [2.05, 4.69) is 15.5 Å². The molecule has 1 N–H and O–H groups in total. The summed E-state index contributed by atoms with van der Waals surface area (Å²) in [4.78, 5) is 12.5. The predicted molar refractivity (Wildman–Crippen MR) is 123 cm³/mol. The van der Waals surface area contributed by atoms with Crippen molar-refractivity contribution >= 4 is 35.0 Å². The molecule has 0 spiro atoms. The molecule has 0 fully saturated rings. The Morgan fingerprint density at radius 3 is 2.30 bits per heavy atom. The minimum absolute atomic E-state index is 0.0703. The maximum Gasteiger partial charge on any atom is 0.418 e. The van der Waals surface area contributed by atoms with E-state index >= 15 is 0 Å². The molecule has 168 valence electrons. The number of hydrogen-bond acceptors (Lipinski definition) is 4. The zero-order valence-corrected chi connectivity index (χ0v) is 18.5. The molecule has 1 aromatic heterocycles. The minimum atomic E-state index is -4.65. The summed E-state index contributed by atoms with van der Waals surface area (Å²) in [6, 6.07) is 22.0. The van der Waals surface area contributed by atoms with Gasteiger partial charge in [-0.05, 0) is 30.3 Å². The molecule has 0 radical (unpaired) electrons. The standard InChI is InChI=1S/C23H16ClF3N4OS/c24-16-11-12-19(18(13-16)23(25,26)27)28-20(32)14-33-22-30-29-21(15-7-3-1-4-8-15)31(22)17-9-5-2-6-10-17/h1-13H,14H2,(H,28,32). The van der Waals surface area contributed by atoms with Crippen LogP contribution in [0.5, 0.6) is 0 Å². The molecule has 0 atom stereocenters. The maximum atomic E-state index is 13.3. The first-order valence-corrected chi connectivity index (χ1v) is 11.0. The largest absolute Gasteiger partial charge is 0.418 e. The Hall–Kier alpha value is -3.30. The highest BCUT2D eigenvalue weighted by atomic mass is 35.5. The number of anilines is 1. The van der Waals surface area contributed by atoms with Crippen molar-refractivity contribution in [2.45, 2.75) is 11.3 Å². The molecule has 0 aliphatic carbocycles. The van der Waals surface area contributed by atoms with Gasteiger partial charge in [0.2, 0.25) is 5.91 Å². The molecule has 0 unspecified atom stereocenters. The van der Waals surface area contributed by atoms with Gasteiger partial charge in [-0.1, -0.05) is 71.9 Å². The number of nitrogens with zero attached hydrogens (tertiary/aromatic N) is 3. The van der Waals surface area contributed by atoms with Crippen LogP contribution in [0.2, 0.25) is 5.02 Å². The summed E-state index contributed by atoms with van der Waals surface area (Å²) < 4.78 is 41.7. The number of carbonyl (C=O) groups is 1. The fourth-order valence-electron chi connectivity index (χ4n) is 3.12. The van der Waals surface area contributed by atoms with Gasteiger partial charge in [-0.25, -0.2) is 0 Å². The van der Waals surface area contributed by atoms with Crippen molar-refractivity contribution in [3.63, 3.8) is 0 Å². The van der Waals surface area contributed by atoms with Crippen molar-refractivity contribution in [3.05, 3.63) is 89.4 Å². The summed E-state index contributed by atoms with van der Waals surface area (Å²) in [6.07, 6.45) is -4.65. The summed E-state index contributed by atoms with van der Waals surface area (Å²) in [6.45, 7) is 0. The molecule has 0 bridgehead atoms. The van der Waals surface area contributed by atoms with Crippen LogP contribution in [0.1, 0.15) is 5.56 Å². The molecule has 0 saturated heterocycles. The fraction of sp³-hybridized carbons (Fsp3) is 0.0870. The first-order chi connectivity index (χ1) is 15.8. The van der Waals surface area contributed by atoms with E-state index in [1.807, 2.05) is 60.7 Å². The van der Waals surface area contributed by atoms with Crippen LogP contribution in [0.15, 0.2) is 84.0 Å². The van der Waals surface area contributed by atoms with Crippen LogP contribution in [-0.2, 0) is 11.0 Å². The number of para-hydroxylation sites is 1. The van der Waals surface area contributed by atoms with Crippen LogP contribution in [0.3, 0.4) is 0 Å². The van der Waals surface area contributed by atoms with E-state index in [1.165, 1.54) is 6.07 Å². The van der Waals surface area contributed by atoms with E-state index in [9.17, 15) is 18.0 Å². The number of aromatic nitrogens is 3. The number of benzene rings is 3. The summed E-state index contributed by atoms with van der Waals surface area (Å²) in [7, 11) is 0. The van der Waals surface area contributed by atoms with Gasteiger partial charge in [0.1, 0.15) is 0 Å². The molecule has 5 nitrogen and oxygen atoms in total. The molecule has 0 saturated carbocycles. The number of alkyl halides is 3. The van der Waals surface area contributed by atoms with Gasteiger partial charge in [0.15, 0.2) is 11.0 Å². The number of amides is 1. The highest BCUT2D eigenvalue weighted by Crippen LogP contribution is 2.36. The number of rotatable bonds is 6. The smallest absolute Gasteiger partial charge is 0.325 e. The maximum absolute atomic E-state index is 13.3. The van der Waals surface area contributed by atoms with E-state index in [0.29, 0.717) is 11.0 Å². The van der Waals surface area contributed by atoms with Gasteiger partial charge < -0.3 is 5.32 Å². The fourth-order valence-corrected chi connectivity index (χ4v) is 4.05. The molecule has 1 amide bonds. The van der Waals surface area contributed by atoms with Gasteiger partial charge in [-0.15, -0.1) is 10.2 Å². The zero-order valence-electron chi connectivity index (χ0n) is 16.9. The van der Waals surface area contributed by atoms with Crippen LogP contribution in [-0.4, -0.2) is 26.4 Å². The number of halogens is 4. The van der Waals surface area contributed by atoms with Crippen molar-refractivity contribution < 1.29 is 18.0 Å². The molecular formula is C23H16ClF3N4OS. The van der Waals surface area contributed by atoms with Crippen LogP contribution in [0.4, 0.5) is 18.9 Å². The Bertz CT molecular complexity index is 1260. The number of carbonyl (C=O) groups excluding carboxylic acids is 1. The van der Waals surface area contributed by atoms with Gasteiger partial charge in [0.25, 0.3) is 0 Å². The molecule has 1 heterocycles. The van der Waals surface area contributed by atoms with E-state index in [1.54, 1.807) is 4.57 Å². The van der Waals surface area contributed by atoms with Crippen LogP contribution in [0, 0.1) is 0 Å². The Morgan fingerprint density at radius 2 is 1.64 bits per heavy atom. The third kappa shape index (κ3) is 5.37.